The van der Waals surface area contributed by atoms with Crippen molar-refractivity contribution in [1.82, 2.24) is 4.98 Å². The predicted octanol–water partition coefficient (Wildman–Crippen LogP) is 0.524. The van der Waals surface area contributed by atoms with Crippen molar-refractivity contribution < 1.29 is 5.11 Å². The summed E-state index contributed by atoms with van der Waals surface area (Å²) in [5.74, 6) is 0. The largest absolute Gasteiger partial charge is 0.386 e. The van der Waals surface area contributed by atoms with Crippen molar-refractivity contribution in [2.75, 3.05) is 18.0 Å². The number of anilines is 1. The lowest BCUT2D eigenvalue weighted by atomic mass is 9.96. The summed E-state index contributed by atoms with van der Waals surface area (Å²) in [7, 11) is 0. The van der Waals surface area contributed by atoms with E-state index < -0.39 is 5.60 Å². The van der Waals surface area contributed by atoms with Crippen LogP contribution in [0.1, 0.15) is 12.5 Å². The quantitative estimate of drug-likeness (QED) is 0.699. The molecule has 1 aliphatic rings. The van der Waals surface area contributed by atoms with Gasteiger partial charge in [-0.15, -0.1) is 0 Å². The first-order valence-corrected chi connectivity index (χ1v) is 4.44. The van der Waals surface area contributed by atoms with Gasteiger partial charge in [-0.1, -0.05) is 0 Å². The van der Waals surface area contributed by atoms with Crippen LogP contribution in [-0.4, -0.2) is 28.8 Å². The molecule has 1 N–H and O–H groups in total. The lowest BCUT2D eigenvalue weighted by Crippen LogP contribution is -2.60. The van der Waals surface area contributed by atoms with Gasteiger partial charge in [-0.05, 0) is 13.0 Å². The molecule has 4 nitrogen and oxygen atoms in total. The molecule has 0 aliphatic carbocycles. The van der Waals surface area contributed by atoms with E-state index >= 15 is 0 Å². The first kappa shape index (κ1) is 8.97. The average molecular weight is 189 g/mol. The van der Waals surface area contributed by atoms with Crippen LogP contribution in [0.2, 0.25) is 0 Å². The fraction of sp³-hybridized carbons (Fsp3) is 0.400. The molecule has 0 radical (unpaired) electrons. The van der Waals surface area contributed by atoms with E-state index in [0.717, 1.165) is 5.69 Å². The number of pyridine rings is 1. The third-order valence-electron chi connectivity index (χ3n) is 2.32. The Hall–Kier alpha value is -1.60. The zero-order valence-electron chi connectivity index (χ0n) is 7.94. The minimum Gasteiger partial charge on any atom is -0.386 e. The topological polar surface area (TPSA) is 60.1 Å². The number of nitrogens with zero attached hydrogens (tertiary/aromatic N) is 3. The standard InChI is InChI=1S/C10H11N3O/c1-10(14)6-13(7-10)9-5-12-3-2-8(9)4-11/h2-3,5,14H,6-7H2,1H3. The second-order valence-corrected chi connectivity index (χ2v) is 3.86. The van der Waals surface area contributed by atoms with Crippen LogP contribution in [0.4, 0.5) is 5.69 Å². The van der Waals surface area contributed by atoms with Crippen LogP contribution >= 0.6 is 0 Å². The SMILES string of the molecule is CC1(O)CN(c2cnccc2C#N)C1. The zero-order chi connectivity index (χ0) is 10.2. The highest BCUT2D eigenvalue weighted by Gasteiger charge is 2.37. The van der Waals surface area contributed by atoms with E-state index in [4.69, 9.17) is 5.26 Å². The van der Waals surface area contributed by atoms with E-state index in [1.54, 1.807) is 25.4 Å². The lowest BCUT2D eigenvalue weighted by molar-refractivity contribution is 0.0310. The maximum atomic E-state index is 9.56. The van der Waals surface area contributed by atoms with Gasteiger partial charge in [-0.3, -0.25) is 4.98 Å². The molecule has 0 spiro atoms. The summed E-state index contributed by atoms with van der Waals surface area (Å²) in [6.45, 7) is 2.91. The average Bonchev–Trinajstić information content (AvgIpc) is 2.14. The molecule has 1 aromatic rings. The molecule has 0 aromatic carbocycles. The molecule has 72 valence electrons. The minimum atomic E-state index is -0.622. The normalized spacial score (nSPS) is 18.5. The minimum absolute atomic E-state index is 0.563. The van der Waals surface area contributed by atoms with Crippen molar-refractivity contribution in [2.45, 2.75) is 12.5 Å². The van der Waals surface area contributed by atoms with E-state index in [-0.39, 0.29) is 0 Å². The number of hydrogen-bond donors (Lipinski definition) is 1. The van der Waals surface area contributed by atoms with Crippen molar-refractivity contribution in [2.24, 2.45) is 0 Å². The first-order chi connectivity index (χ1) is 6.62. The molecular weight excluding hydrogens is 178 g/mol. The number of rotatable bonds is 1. The van der Waals surface area contributed by atoms with Crippen LogP contribution in [0, 0.1) is 11.3 Å². The molecule has 2 heterocycles. The molecule has 0 bridgehead atoms. The number of β-amino-alcohol motifs (C(OH)–C–C–N with tert-alkyl or cyclic N) is 1. The smallest absolute Gasteiger partial charge is 0.101 e. The molecule has 2 rings (SSSR count). The Morgan fingerprint density at radius 3 is 2.93 bits per heavy atom. The van der Waals surface area contributed by atoms with Gasteiger partial charge in [0, 0.05) is 19.3 Å². The van der Waals surface area contributed by atoms with Crippen LogP contribution in [0.3, 0.4) is 0 Å². The van der Waals surface area contributed by atoms with E-state index in [0.29, 0.717) is 18.7 Å². The van der Waals surface area contributed by atoms with E-state index in [2.05, 4.69) is 11.1 Å². The van der Waals surface area contributed by atoms with Crippen LogP contribution < -0.4 is 4.90 Å². The molecule has 1 aliphatic heterocycles. The van der Waals surface area contributed by atoms with Gasteiger partial charge in [-0.25, -0.2) is 0 Å². The third kappa shape index (κ3) is 1.42. The van der Waals surface area contributed by atoms with Gasteiger partial charge in [0.15, 0.2) is 0 Å². The monoisotopic (exact) mass is 189 g/mol. The van der Waals surface area contributed by atoms with Crippen LogP contribution in [-0.2, 0) is 0 Å². The lowest BCUT2D eigenvalue weighted by Gasteiger charge is -2.45. The molecule has 0 amide bonds. The summed E-state index contributed by atoms with van der Waals surface area (Å²) in [5, 5.41) is 18.4. The third-order valence-corrected chi connectivity index (χ3v) is 2.32. The number of aliphatic hydroxyl groups is 1. The second kappa shape index (κ2) is 2.96. The second-order valence-electron chi connectivity index (χ2n) is 3.86. The Labute approximate surface area is 82.4 Å². The number of hydrogen-bond acceptors (Lipinski definition) is 4. The van der Waals surface area contributed by atoms with Crippen LogP contribution in [0.25, 0.3) is 0 Å². The van der Waals surface area contributed by atoms with Crippen molar-refractivity contribution in [3.05, 3.63) is 24.0 Å². The maximum absolute atomic E-state index is 9.56. The van der Waals surface area contributed by atoms with Crippen molar-refractivity contribution in [1.29, 1.82) is 5.26 Å². The van der Waals surface area contributed by atoms with E-state index in [1.165, 1.54) is 0 Å². The van der Waals surface area contributed by atoms with E-state index in [1.807, 2.05) is 4.90 Å². The Bertz CT molecular complexity index is 387. The van der Waals surface area contributed by atoms with Gasteiger partial charge in [0.25, 0.3) is 0 Å². The molecule has 4 heteroatoms. The van der Waals surface area contributed by atoms with E-state index in [9.17, 15) is 5.11 Å². The number of aromatic nitrogens is 1. The molecule has 1 saturated heterocycles. The van der Waals surface area contributed by atoms with Gasteiger partial charge >= 0.3 is 0 Å². The molecule has 1 aromatic heterocycles. The first-order valence-electron chi connectivity index (χ1n) is 4.44. The van der Waals surface area contributed by atoms with Crippen molar-refractivity contribution in [3.8, 4) is 6.07 Å². The summed E-state index contributed by atoms with van der Waals surface area (Å²) in [5.41, 5.74) is 0.791. The summed E-state index contributed by atoms with van der Waals surface area (Å²) in [4.78, 5) is 5.92. The van der Waals surface area contributed by atoms with Gasteiger partial charge in [0.2, 0.25) is 0 Å². The molecule has 0 saturated carbocycles. The summed E-state index contributed by atoms with van der Waals surface area (Å²) in [6, 6.07) is 3.79. The van der Waals surface area contributed by atoms with Gasteiger partial charge < -0.3 is 10.0 Å². The van der Waals surface area contributed by atoms with Gasteiger partial charge in [0.05, 0.1) is 23.0 Å². The van der Waals surface area contributed by atoms with Crippen LogP contribution in [0.15, 0.2) is 18.5 Å². The molecular formula is C10H11N3O. The Balaban J connectivity index is 2.23. The molecule has 0 atom stereocenters. The Morgan fingerprint density at radius 2 is 2.36 bits per heavy atom. The molecule has 14 heavy (non-hydrogen) atoms. The summed E-state index contributed by atoms with van der Waals surface area (Å²) < 4.78 is 0. The highest BCUT2D eigenvalue weighted by atomic mass is 16.3. The van der Waals surface area contributed by atoms with Crippen molar-refractivity contribution >= 4 is 5.69 Å². The molecule has 1 fully saturated rings. The summed E-state index contributed by atoms with van der Waals surface area (Å²) >= 11 is 0. The highest BCUT2D eigenvalue weighted by molar-refractivity contribution is 5.59. The van der Waals surface area contributed by atoms with Crippen molar-refractivity contribution in [3.63, 3.8) is 0 Å². The highest BCUT2D eigenvalue weighted by Crippen LogP contribution is 2.28. The fourth-order valence-electron chi connectivity index (χ4n) is 1.68. The van der Waals surface area contributed by atoms with Gasteiger partial charge in [0.1, 0.15) is 6.07 Å². The Morgan fingerprint density at radius 1 is 1.64 bits per heavy atom. The number of nitriles is 1. The Kier molecular flexibility index (Phi) is 1.90. The molecule has 0 unspecified atom stereocenters. The summed E-state index contributed by atoms with van der Waals surface area (Å²) in [6.07, 6.45) is 3.26. The maximum Gasteiger partial charge on any atom is 0.101 e. The zero-order valence-corrected chi connectivity index (χ0v) is 7.94. The fourth-order valence-corrected chi connectivity index (χ4v) is 1.68. The van der Waals surface area contributed by atoms with Gasteiger partial charge in [-0.2, -0.15) is 5.26 Å². The van der Waals surface area contributed by atoms with Crippen LogP contribution in [0.5, 0.6) is 0 Å². The predicted molar refractivity (Wildman–Crippen MR) is 51.8 cm³/mol.